The van der Waals surface area contributed by atoms with Crippen LogP contribution in [0.25, 0.3) is 0 Å². The van der Waals surface area contributed by atoms with E-state index in [0.29, 0.717) is 18.5 Å². The van der Waals surface area contributed by atoms with Gasteiger partial charge in [-0.25, -0.2) is 8.78 Å². The first kappa shape index (κ1) is 23.5. The number of hydrogen-bond acceptors (Lipinski definition) is 3. The van der Waals surface area contributed by atoms with Crippen molar-refractivity contribution in [2.24, 2.45) is 10.9 Å². The van der Waals surface area contributed by atoms with Crippen LogP contribution in [0.4, 0.5) is 8.78 Å². The summed E-state index contributed by atoms with van der Waals surface area (Å²) in [6, 6.07) is 4.48. The molecule has 0 spiro atoms. The Bertz CT molecular complexity index is 627. The number of hydrogen-bond donors (Lipinski definition) is 3. The van der Waals surface area contributed by atoms with Crippen molar-refractivity contribution in [3.8, 4) is 0 Å². The number of likely N-dealkylation sites (tertiary alicyclic amines) is 1. The van der Waals surface area contributed by atoms with E-state index in [0.717, 1.165) is 69.8 Å². The summed E-state index contributed by atoms with van der Waals surface area (Å²) in [5.41, 5.74) is 0.802. The van der Waals surface area contributed by atoms with Gasteiger partial charge in [0.1, 0.15) is 0 Å². The molecule has 7 heteroatoms. The summed E-state index contributed by atoms with van der Waals surface area (Å²) in [6.45, 7) is 8.39. The first-order valence-corrected chi connectivity index (χ1v) is 10.9. The zero-order chi connectivity index (χ0) is 21.1. The molecule has 0 aromatic heterocycles. The van der Waals surface area contributed by atoms with Gasteiger partial charge in [0.05, 0.1) is 0 Å². The molecule has 0 bridgehead atoms. The molecule has 29 heavy (non-hydrogen) atoms. The highest BCUT2D eigenvalue weighted by Gasteiger charge is 2.20. The Morgan fingerprint density at radius 2 is 1.97 bits per heavy atom. The van der Waals surface area contributed by atoms with Crippen LogP contribution in [-0.4, -0.2) is 54.8 Å². The lowest BCUT2D eigenvalue weighted by Gasteiger charge is -2.33. The zero-order valence-electron chi connectivity index (χ0n) is 17.8. The number of benzene rings is 1. The Labute approximate surface area is 173 Å². The van der Waals surface area contributed by atoms with E-state index < -0.39 is 11.6 Å². The molecule has 1 fully saturated rings. The van der Waals surface area contributed by atoms with Crippen LogP contribution in [0.1, 0.15) is 51.5 Å². The monoisotopic (exact) mass is 410 g/mol. The molecule has 1 aromatic rings. The zero-order valence-corrected chi connectivity index (χ0v) is 17.8. The molecule has 164 valence electrons. The highest BCUT2D eigenvalue weighted by atomic mass is 19.2. The average Bonchev–Trinajstić information content (AvgIpc) is 2.71. The molecule has 0 aliphatic carbocycles. The first-order chi connectivity index (χ1) is 14.0. The quantitative estimate of drug-likeness (QED) is 0.409. The molecule has 1 aliphatic heterocycles. The summed E-state index contributed by atoms with van der Waals surface area (Å²) in [4.78, 5) is 7.01. The van der Waals surface area contributed by atoms with Crippen LogP contribution in [0.2, 0.25) is 0 Å². The van der Waals surface area contributed by atoms with Crippen LogP contribution in [-0.2, 0) is 6.54 Å². The van der Waals surface area contributed by atoms with Gasteiger partial charge in [-0.15, -0.1) is 0 Å². The van der Waals surface area contributed by atoms with Gasteiger partial charge in [0.2, 0.25) is 0 Å². The van der Waals surface area contributed by atoms with Crippen molar-refractivity contribution in [3.05, 3.63) is 35.4 Å². The van der Waals surface area contributed by atoms with E-state index in [9.17, 15) is 13.9 Å². The second-order valence-electron chi connectivity index (χ2n) is 7.83. The molecule has 0 radical (unpaired) electrons. The van der Waals surface area contributed by atoms with Crippen LogP contribution in [0.3, 0.4) is 0 Å². The predicted molar refractivity (Wildman–Crippen MR) is 114 cm³/mol. The topological polar surface area (TPSA) is 59.9 Å². The summed E-state index contributed by atoms with van der Waals surface area (Å²) in [7, 11) is 0. The highest BCUT2D eigenvalue weighted by Crippen LogP contribution is 2.16. The van der Waals surface area contributed by atoms with Crippen LogP contribution >= 0.6 is 0 Å². The van der Waals surface area contributed by atoms with Crippen molar-refractivity contribution in [2.75, 3.05) is 32.8 Å². The summed E-state index contributed by atoms with van der Waals surface area (Å²) in [6.07, 6.45) is 4.91. The van der Waals surface area contributed by atoms with E-state index in [4.69, 9.17) is 4.99 Å². The number of aliphatic hydroxyl groups is 1. The van der Waals surface area contributed by atoms with E-state index in [1.54, 1.807) is 6.07 Å². The number of halogens is 2. The van der Waals surface area contributed by atoms with Gasteiger partial charge in [0.25, 0.3) is 0 Å². The highest BCUT2D eigenvalue weighted by molar-refractivity contribution is 5.80. The van der Waals surface area contributed by atoms with Gasteiger partial charge in [0.15, 0.2) is 17.6 Å². The molecule has 1 heterocycles. The molecule has 1 aromatic carbocycles. The van der Waals surface area contributed by atoms with Gasteiger partial charge in [-0.1, -0.05) is 19.4 Å². The van der Waals surface area contributed by atoms with E-state index in [-0.39, 0.29) is 6.61 Å². The molecular formula is C22H36F2N4O. The first-order valence-electron chi connectivity index (χ1n) is 10.9. The van der Waals surface area contributed by atoms with Gasteiger partial charge in [0, 0.05) is 45.4 Å². The standard InChI is InChI=1S/C22H36F2N4O/c1-3-5-17(10-13-29)15-26-22(25-4-2)27-19-8-11-28(12-9-19)16-18-6-7-20(23)21(24)14-18/h6-7,14,17,19,29H,3-5,8-13,15-16H2,1-2H3,(H2,25,26,27). The lowest BCUT2D eigenvalue weighted by molar-refractivity contribution is 0.198. The molecule has 1 saturated heterocycles. The smallest absolute Gasteiger partial charge is 0.191 e. The van der Waals surface area contributed by atoms with Gasteiger partial charge < -0.3 is 15.7 Å². The van der Waals surface area contributed by atoms with Crippen molar-refractivity contribution in [2.45, 2.75) is 58.5 Å². The Kier molecular flexibility index (Phi) is 10.4. The average molecular weight is 411 g/mol. The molecule has 5 nitrogen and oxygen atoms in total. The summed E-state index contributed by atoms with van der Waals surface area (Å²) >= 11 is 0. The lowest BCUT2D eigenvalue weighted by Crippen LogP contribution is -2.48. The Morgan fingerprint density at radius 1 is 1.21 bits per heavy atom. The maximum atomic E-state index is 13.4. The van der Waals surface area contributed by atoms with Gasteiger partial charge >= 0.3 is 0 Å². The summed E-state index contributed by atoms with van der Waals surface area (Å²) in [5, 5.41) is 16.1. The minimum absolute atomic E-state index is 0.209. The van der Waals surface area contributed by atoms with E-state index in [1.165, 1.54) is 12.1 Å². The fraction of sp³-hybridized carbons (Fsp3) is 0.682. The third-order valence-electron chi connectivity index (χ3n) is 5.40. The minimum Gasteiger partial charge on any atom is -0.396 e. The predicted octanol–water partition coefficient (Wildman–Crippen LogP) is 3.28. The van der Waals surface area contributed by atoms with Crippen LogP contribution in [0.5, 0.6) is 0 Å². The maximum Gasteiger partial charge on any atom is 0.191 e. The van der Waals surface area contributed by atoms with E-state index in [1.807, 2.05) is 0 Å². The second-order valence-corrected chi connectivity index (χ2v) is 7.83. The fourth-order valence-electron chi connectivity index (χ4n) is 3.78. The van der Waals surface area contributed by atoms with Crippen molar-refractivity contribution in [1.82, 2.24) is 15.5 Å². The van der Waals surface area contributed by atoms with Crippen molar-refractivity contribution < 1.29 is 13.9 Å². The molecule has 0 amide bonds. The lowest BCUT2D eigenvalue weighted by atomic mass is 10.0. The Morgan fingerprint density at radius 3 is 2.59 bits per heavy atom. The minimum atomic E-state index is -0.799. The second kappa shape index (κ2) is 12.8. The number of aliphatic imine (C=N–C) groups is 1. The third kappa shape index (κ3) is 8.26. The number of nitrogens with zero attached hydrogens (tertiary/aromatic N) is 2. The normalized spacial score (nSPS) is 17.3. The number of piperidine rings is 1. The number of aliphatic hydroxyl groups excluding tert-OH is 1. The summed E-state index contributed by atoms with van der Waals surface area (Å²) < 4.78 is 26.5. The fourth-order valence-corrected chi connectivity index (χ4v) is 3.78. The van der Waals surface area contributed by atoms with Crippen molar-refractivity contribution >= 4 is 5.96 Å². The molecule has 3 N–H and O–H groups in total. The van der Waals surface area contributed by atoms with E-state index >= 15 is 0 Å². The number of rotatable bonds is 10. The number of nitrogens with one attached hydrogen (secondary N) is 2. The Hall–Kier alpha value is -1.73. The molecule has 1 atom stereocenters. The SMILES string of the molecule is CCCC(CCO)CN=C(NCC)NC1CCN(Cc2ccc(F)c(F)c2)CC1. The molecular weight excluding hydrogens is 374 g/mol. The van der Waals surface area contributed by atoms with Gasteiger partial charge in [-0.2, -0.15) is 0 Å². The molecule has 2 rings (SSSR count). The van der Waals surface area contributed by atoms with Crippen molar-refractivity contribution in [1.29, 1.82) is 0 Å². The molecule has 0 saturated carbocycles. The van der Waals surface area contributed by atoms with Gasteiger partial charge in [-0.05, 0) is 56.2 Å². The number of guanidine groups is 1. The molecule has 1 unspecified atom stereocenters. The van der Waals surface area contributed by atoms with Crippen LogP contribution in [0, 0.1) is 17.6 Å². The maximum absolute atomic E-state index is 13.4. The molecule has 1 aliphatic rings. The van der Waals surface area contributed by atoms with Crippen LogP contribution in [0.15, 0.2) is 23.2 Å². The van der Waals surface area contributed by atoms with Gasteiger partial charge in [-0.3, -0.25) is 9.89 Å². The van der Waals surface area contributed by atoms with Crippen LogP contribution < -0.4 is 10.6 Å². The summed E-state index contributed by atoms with van der Waals surface area (Å²) in [5.74, 6) is -0.329. The third-order valence-corrected chi connectivity index (χ3v) is 5.40. The van der Waals surface area contributed by atoms with Crippen molar-refractivity contribution in [3.63, 3.8) is 0 Å². The van der Waals surface area contributed by atoms with E-state index in [2.05, 4.69) is 29.4 Å². The largest absolute Gasteiger partial charge is 0.396 e. The Balaban J connectivity index is 1.82.